The number of nitrogens with zero attached hydrogens (tertiary/aromatic N) is 3. The van der Waals surface area contributed by atoms with E-state index in [2.05, 4.69) is 0 Å². The van der Waals surface area contributed by atoms with Crippen LogP contribution in [0.15, 0.2) is 91.0 Å². The number of benzene rings is 3. The number of rotatable bonds is 8. The minimum Gasteiger partial charge on any atom is -0.494 e. The number of hydrogen-bond acceptors (Lipinski definition) is 8. The van der Waals surface area contributed by atoms with Crippen molar-refractivity contribution < 1.29 is 24.1 Å². The molecule has 0 aliphatic carbocycles. The van der Waals surface area contributed by atoms with Crippen LogP contribution in [0.3, 0.4) is 0 Å². The SMILES string of the molecule is CCCOc1ccc(N2C(=O)[C@@H]3[C@H](ON(c4ccccc4)[C@@H]3c3ccc(-c4ccc([N+](=O)[O-])cc4)s3)C2=O)cc1. The van der Waals surface area contributed by atoms with E-state index in [9.17, 15) is 19.7 Å². The number of hydrogen-bond donors (Lipinski definition) is 0. The van der Waals surface area contributed by atoms with Crippen LogP contribution in [0.4, 0.5) is 17.1 Å². The van der Waals surface area contributed by atoms with Gasteiger partial charge in [-0.3, -0.25) is 24.5 Å². The van der Waals surface area contributed by atoms with Gasteiger partial charge in [-0.15, -0.1) is 11.3 Å². The number of imide groups is 1. The van der Waals surface area contributed by atoms with Crippen molar-refractivity contribution in [2.45, 2.75) is 25.5 Å². The van der Waals surface area contributed by atoms with Crippen molar-refractivity contribution in [1.82, 2.24) is 0 Å². The number of para-hydroxylation sites is 1. The molecule has 2 aliphatic heterocycles. The number of thiophene rings is 1. The first-order valence-corrected chi connectivity index (χ1v) is 13.7. The molecule has 40 heavy (non-hydrogen) atoms. The van der Waals surface area contributed by atoms with Gasteiger partial charge in [0.15, 0.2) is 6.10 Å². The quantitative estimate of drug-likeness (QED) is 0.146. The predicted molar refractivity (Wildman–Crippen MR) is 151 cm³/mol. The summed E-state index contributed by atoms with van der Waals surface area (Å²) in [4.78, 5) is 47.3. The van der Waals surface area contributed by atoms with Crippen LogP contribution in [0.25, 0.3) is 10.4 Å². The lowest BCUT2D eigenvalue weighted by Gasteiger charge is -2.27. The Hall–Kier alpha value is -4.54. The van der Waals surface area contributed by atoms with Crippen molar-refractivity contribution in [3.63, 3.8) is 0 Å². The predicted octanol–water partition coefficient (Wildman–Crippen LogP) is 6.16. The highest BCUT2D eigenvalue weighted by molar-refractivity contribution is 7.15. The van der Waals surface area contributed by atoms with E-state index < -0.39 is 28.9 Å². The van der Waals surface area contributed by atoms with E-state index in [1.165, 1.54) is 28.4 Å². The molecule has 3 aromatic carbocycles. The molecule has 3 heterocycles. The number of carbonyl (C=O) groups excluding carboxylic acids is 2. The molecule has 0 radical (unpaired) electrons. The summed E-state index contributed by atoms with van der Waals surface area (Å²) in [5, 5.41) is 12.7. The van der Waals surface area contributed by atoms with Crippen molar-refractivity contribution >= 4 is 40.2 Å². The summed E-state index contributed by atoms with van der Waals surface area (Å²) in [6, 6.07) is 26.0. The lowest BCUT2D eigenvalue weighted by Crippen LogP contribution is -2.37. The highest BCUT2D eigenvalue weighted by atomic mass is 32.1. The van der Waals surface area contributed by atoms with E-state index in [4.69, 9.17) is 9.57 Å². The molecule has 9 nitrogen and oxygen atoms in total. The zero-order valence-corrected chi connectivity index (χ0v) is 22.3. The molecular formula is C30H25N3O6S. The monoisotopic (exact) mass is 555 g/mol. The van der Waals surface area contributed by atoms with Gasteiger partial charge in [-0.1, -0.05) is 25.1 Å². The van der Waals surface area contributed by atoms with Gasteiger partial charge in [0.1, 0.15) is 17.7 Å². The van der Waals surface area contributed by atoms with E-state index in [1.807, 2.05) is 49.4 Å². The third kappa shape index (κ3) is 4.51. The lowest BCUT2D eigenvalue weighted by atomic mass is 9.95. The molecule has 3 atom stereocenters. The number of carbonyl (C=O) groups is 2. The molecule has 0 saturated carbocycles. The zero-order chi connectivity index (χ0) is 27.8. The fraction of sp³-hybridized carbons (Fsp3) is 0.200. The number of fused-ring (bicyclic) bond motifs is 1. The van der Waals surface area contributed by atoms with Crippen molar-refractivity contribution in [1.29, 1.82) is 0 Å². The summed E-state index contributed by atoms with van der Waals surface area (Å²) >= 11 is 1.46. The summed E-state index contributed by atoms with van der Waals surface area (Å²) in [5.41, 5.74) is 2.05. The normalized spacial score (nSPS) is 20.2. The number of non-ortho nitro benzene ring substituents is 1. The van der Waals surface area contributed by atoms with E-state index in [1.54, 1.807) is 41.5 Å². The second kappa shape index (κ2) is 10.6. The average Bonchev–Trinajstić information content (AvgIpc) is 3.68. The van der Waals surface area contributed by atoms with Crippen LogP contribution in [-0.4, -0.2) is 29.4 Å². The van der Waals surface area contributed by atoms with Gasteiger partial charge in [0, 0.05) is 21.9 Å². The minimum atomic E-state index is -0.973. The van der Waals surface area contributed by atoms with E-state index in [0.29, 0.717) is 18.0 Å². The fourth-order valence-electron chi connectivity index (χ4n) is 5.08. The molecular weight excluding hydrogens is 530 g/mol. The number of ether oxygens (including phenoxy) is 1. The highest BCUT2D eigenvalue weighted by Crippen LogP contribution is 2.50. The Morgan fingerprint density at radius 2 is 1.62 bits per heavy atom. The summed E-state index contributed by atoms with van der Waals surface area (Å²) in [6.45, 7) is 2.60. The van der Waals surface area contributed by atoms with Crippen LogP contribution in [-0.2, 0) is 14.4 Å². The molecule has 0 spiro atoms. The Morgan fingerprint density at radius 3 is 2.30 bits per heavy atom. The Labute approximate surface area is 234 Å². The Bertz CT molecular complexity index is 1550. The topological polar surface area (TPSA) is 102 Å². The first-order chi connectivity index (χ1) is 19.5. The van der Waals surface area contributed by atoms with Crippen LogP contribution >= 0.6 is 11.3 Å². The van der Waals surface area contributed by atoms with Gasteiger partial charge < -0.3 is 4.74 Å². The number of hydroxylamine groups is 1. The van der Waals surface area contributed by atoms with Crippen molar-refractivity contribution in [3.05, 3.63) is 106 Å². The smallest absolute Gasteiger partial charge is 0.269 e. The number of nitro benzene ring substituents is 1. The molecule has 2 amide bonds. The van der Waals surface area contributed by atoms with E-state index in [0.717, 1.165) is 27.4 Å². The van der Waals surface area contributed by atoms with Gasteiger partial charge in [-0.2, -0.15) is 0 Å². The van der Waals surface area contributed by atoms with Crippen LogP contribution < -0.4 is 14.7 Å². The van der Waals surface area contributed by atoms with Crippen molar-refractivity contribution in [2.75, 3.05) is 16.6 Å². The molecule has 6 rings (SSSR count). The highest BCUT2D eigenvalue weighted by Gasteiger charge is 2.60. The molecule has 0 bridgehead atoms. The van der Waals surface area contributed by atoms with Crippen LogP contribution in [0.2, 0.25) is 0 Å². The molecule has 2 saturated heterocycles. The number of nitro groups is 1. The van der Waals surface area contributed by atoms with Gasteiger partial charge in [0.05, 0.1) is 22.9 Å². The molecule has 2 fully saturated rings. The maximum atomic E-state index is 13.9. The maximum Gasteiger partial charge on any atom is 0.269 e. The van der Waals surface area contributed by atoms with Crippen LogP contribution in [0.5, 0.6) is 5.75 Å². The van der Waals surface area contributed by atoms with E-state index >= 15 is 0 Å². The van der Waals surface area contributed by atoms with Gasteiger partial charge in [-0.05, 0) is 72.6 Å². The third-order valence-corrected chi connectivity index (χ3v) is 8.18. The summed E-state index contributed by atoms with van der Waals surface area (Å²) in [5.74, 6) is -0.822. The maximum absolute atomic E-state index is 13.9. The molecule has 0 N–H and O–H groups in total. The summed E-state index contributed by atoms with van der Waals surface area (Å²) < 4.78 is 5.64. The lowest BCUT2D eigenvalue weighted by molar-refractivity contribution is -0.384. The molecule has 202 valence electrons. The molecule has 4 aromatic rings. The average molecular weight is 556 g/mol. The number of amides is 2. The summed E-state index contributed by atoms with van der Waals surface area (Å²) in [7, 11) is 0. The second-order valence-electron chi connectivity index (χ2n) is 9.52. The van der Waals surface area contributed by atoms with Gasteiger partial charge in [-0.25, -0.2) is 9.96 Å². The van der Waals surface area contributed by atoms with Gasteiger partial charge in [0.25, 0.3) is 11.6 Å². The first kappa shape index (κ1) is 25.7. The molecule has 2 aliphatic rings. The Kier molecular flexibility index (Phi) is 6.79. The van der Waals surface area contributed by atoms with Gasteiger partial charge in [0.2, 0.25) is 5.91 Å². The third-order valence-electron chi connectivity index (χ3n) is 6.97. The molecule has 1 aromatic heterocycles. The molecule has 10 heteroatoms. The summed E-state index contributed by atoms with van der Waals surface area (Å²) in [6.07, 6.45) is -0.0990. The van der Waals surface area contributed by atoms with Crippen molar-refractivity contribution in [2.24, 2.45) is 5.92 Å². The largest absolute Gasteiger partial charge is 0.494 e. The Morgan fingerprint density at radius 1 is 0.900 bits per heavy atom. The van der Waals surface area contributed by atoms with E-state index in [-0.39, 0.29) is 11.6 Å². The second-order valence-corrected chi connectivity index (χ2v) is 10.6. The number of anilines is 2. The standard InChI is InChI=1S/C30H25N3O6S/c1-2-18-38-23-14-12-20(13-15-23)31-29(34)26-27(32(39-28(26)30(31)35)21-6-4-3-5-7-21)25-17-16-24(40-25)19-8-10-22(11-9-19)33(36)37/h3-17,26-28H,2,18H2,1H3/t26-,27+,28-/m0/s1. The minimum absolute atomic E-state index is 0.0166. The fourth-order valence-corrected chi connectivity index (χ4v) is 6.23. The van der Waals surface area contributed by atoms with Gasteiger partial charge >= 0.3 is 0 Å². The van der Waals surface area contributed by atoms with Crippen LogP contribution in [0.1, 0.15) is 24.3 Å². The Balaban J connectivity index is 1.34. The first-order valence-electron chi connectivity index (χ1n) is 12.9. The molecule has 0 unspecified atom stereocenters. The van der Waals surface area contributed by atoms with Crippen LogP contribution in [0, 0.1) is 16.0 Å². The van der Waals surface area contributed by atoms with Crippen molar-refractivity contribution in [3.8, 4) is 16.2 Å². The zero-order valence-electron chi connectivity index (χ0n) is 21.5.